The third kappa shape index (κ3) is 6.31. The highest BCUT2D eigenvalue weighted by Gasteiger charge is 2.26. The number of allylic oxidation sites excluding steroid dienone is 1. The lowest BCUT2D eigenvalue weighted by Gasteiger charge is -2.23. The Hall–Kier alpha value is -4.49. The summed E-state index contributed by atoms with van der Waals surface area (Å²) in [5.41, 5.74) is 3.69. The van der Waals surface area contributed by atoms with Gasteiger partial charge in [-0.15, -0.1) is 0 Å². The van der Waals surface area contributed by atoms with Crippen molar-refractivity contribution in [2.45, 2.75) is 39.7 Å². The van der Waals surface area contributed by atoms with Gasteiger partial charge in [-0.3, -0.25) is 9.79 Å². The Labute approximate surface area is 240 Å². The Morgan fingerprint density at radius 1 is 1.22 bits per heavy atom. The number of ether oxygens (including phenoxy) is 3. The van der Waals surface area contributed by atoms with Crippen molar-refractivity contribution in [2.24, 2.45) is 10.9 Å². The normalized spacial score (nSPS) is 14.3. The molecule has 0 spiro atoms. The predicted octanol–water partition coefficient (Wildman–Crippen LogP) is 5.69. The molecule has 3 aromatic rings. The van der Waals surface area contributed by atoms with Crippen molar-refractivity contribution < 1.29 is 23.4 Å². The van der Waals surface area contributed by atoms with E-state index in [0.717, 1.165) is 18.4 Å². The van der Waals surface area contributed by atoms with Gasteiger partial charge in [0.1, 0.15) is 29.3 Å². The van der Waals surface area contributed by atoms with E-state index in [1.807, 2.05) is 13.0 Å². The molecule has 3 aromatic heterocycles. The smallest absolute Gasteiger partial charge is 0.255 e. The van der Waals surface area contributed by atoms with Gasteiger partial charge in [0.05, 0.1) is 31.6 Å². The molecule has 0 atom stereocenters. The van der Waals surface area contributed by atoms with Gasteiger partial charge >= 0.3 is 0 Å². The second-order valence-electron chi connectivity index (χ2n) is 10.3. The van der Waals surface area contributed by atoms with E-state index in [9.17, 15) is 10.1 Å². The van der Waals surface area contributed by atoms with Gasteiger partial charge in [0, 0.05) is 44.8 Å². The van der Waals surface area contributed by atoms with Gasteiger partial charge in [0.25, 0.3) is 5.91 Å². The summed E-state index contributed by atoms with van der Waals surface area (Å²) < 4.78 is 23.5. The van der Waals surface area contributed by atoms with E-state index >= 15 is 0 Å². The molecule has 0 unspecified atom stereocenters. The highest BCUT2D eigenvalue weighted by molar-refractivity contribution is 5.94. The quantitative estimate of drug-likeness (QED) is 0.308. The fraction of sp³-hybridized carbons (Fsp3) is 0.387. The van der Waals surface area contributed by atoms with E-state index in [0.29, 0.717) is 64.4 Å². The van der Waals surface area contributed by atoms with Crippen molar-refractivity contribution in [1.82, 2.24) is 14.9 Å². The lowest BCUT2D eigenvalue weighted by Crippen LogP contribution is -2.26. The largest absolute Gasteiger partial charge is 0.494 e. The summed E-state index contributed by atoms with van der Waals surface area (Å²) in [5, 5.41) is 9.95. The summed E-state index contributed by atoms with van der Waals surface area (Å²) in [7, 11) is 4.85. The minimum Gasteiger partial charge on any atom is -0.494 e. The second kappa shape index (κ2) is 12.8. The summed E-state index contributed by atoms with van der Waals surface area (Å²) >= 11 is 0. The molecule has 10 nitrogen and oxygen atoms in total. The standard InChI is InChI=1S/C31H35N5O5/c1-18(2)19(3)28(22-8-9-25(24(16-32)35-22)40-21-10-12-39-13-11-21)30-23(33-4)15-27(41-30)29-26(38-7)14-20(17-34-29)31(37)36(5)6/h8-9,14-15,17-18,21H,4,10-13H2,1-3,5-7H3/b28-19+. The lowest BCUT2D eigenvalue weighted by atomic mass is 9.94. The number of nitriles is 1. The van der Waals surface area contributed by atoms with Gasteiger partial charge in [0.2, 0.25) is 0 Å². The number of aromatic nitrogens is 2. The highest BCUT2D eigenvalue weighted by Crippen LogP contribution is 2.42. The first kappa shape index (κ1) is 29.5. The lowest BCUT2D eigenvalue weighted by molar-refractivity contribution is 0.0253. The summed E-state index contributed by atoms with van der Waals surface area (Å²) in [6, 6.07) is 9.14. The zero-order valence-corrected chi connectivity index (χ0v) is 24.4. The molecular weight excluding hydrogens is 522 g/mol. The van der Waals surface area contributed by atoms with Crippen LogP contribution in [0.25, 0.3) is 17.0 Å². The van der Waals surface area contributed by atoms with Crippen LogP contribution in [0.15, 0.2) is 45.4 Å². The molecule has 0 aliphatic carbocycles. The Balaban J connectivity index is 1.81. The van der Waals surface area contributed by atoms with Gasteiger partial charge in [0.15, 0.2) is 23.0 Å². The average molecular weight is 558 g/mol. The number of furan rings is 1. The van der Waals surface area contributed by atoms with Crippen molar-refractivity contribution in [2.75, 3.05) is 34.4 Å². The maximum absolute atomic E-state index is 12.5. The van der Waals surface area contributed by atoms with Gasteiger partial charge in [-0.25, -0.2) is 9.97 Å². The Morgan fingerprint density at radius 2 is 1.95 bits per heavy atom. The van der Waals surface area contributed by atoms with E-state index in [1.165, 1.54) is 18.2 Å². The topological polar surface area (TPSA) is 123 Å². The van der Waals surface area contributed by atoms with Crippen molar-refractivity contribution in [3.05, 3.63) is 58.7 Å². The molecule has 1 amide bonds. The molecule has 41 heavy (non-hydrogen) atoms. The molecule has 0 radical (unpaired) electrons. The average Bonchev–Trinajstić information content (AvgIpc) is 3.41. The Morgan fingerprint density at radius 3 is 2.56 bits per heavy atom. The fourth-order valence-corrected chi connectivity index (χ4v) is 4.48. The van der Waals surface area contributed by atoms with Crippen molar-refractivity contribution in [1.29, 1.82) is 5.26 Å². The number of amides is 1. The number of nitrogens with zero attached hydrogens (tertiary/aromatic N) is 5. The van der Waals surface area contributed by atoms with E-state index < -0.39 is 0 Å². The first-order valence-corrected chi connectivity index (χ1v) is 13.4. The maximum atomic E-state index is 12.5. The van der Waals surface area contributed by atoms with Crippen LogP contribution in [0.1, 0.15) is 61.1 Å². The van der Waals surface area contributed by atoms with Crippen LogP contribution < -0.4 is 9.47 Å². The Kier molecular flexibility index (Phi) is 9.20. The molecule has 0 N–H and O–H groups in total. The van der Waals surface area contributed by atoms with Gasteiger partial charge in [-0.1, -0.05) is 19.4 Å². The number of aliphatic imine (C=N–C) groups is 1. The van der Waals surface area contributed by atoms with Crippen molar-refractivity contribution in [3.63, 3.8) is 0 Å². The van der Waals surface area contributed by atoms with Crippen LogP contribution in [0.2, 0.25) is 0 Å². The van der Waals surface area contributed by atoms with Gasteiger partial charge < -0.3 is 23.5 Å². The number of hydrogen-bond acceptors (Lipinski definition) is 9. The van der Waals surface area contributed by atoms with Crippen LogP contribution in [-0.2, 0) is 4.74 Å². The highest BCUT2D eigenvalue weighted by atomic mass is 16.5. The molecule has 0 saturated carbocycles. The number of hydrogen-bond donors (Lipinski definition) is 0. The number of carbonyl (C=O) groups excluding carboxylic acids is 1. The predicted molar refractivity (Wildman–Crippen MR) is 156 cm³/mol. The molecule has 1 saturated heterocycles. The molecule has 4 heterocycles. The van der Waals surface area contributed by atoms with Crippen LogP contribution in [-0.4, -0.2) is 68.0 Å². The summed E-state index contributed by atoms with van der Waals surface area (Å²) in [6.07, 6.45) is 2.98. The fourth-order valence-electron chi connectivity index (χ4n) is 4.48. The monoisotopic (exact) mass is 557 g/mol. The van der Waals surface area contributed by atoms with Gasteiger partial charge in [-0.05, 0) is 37.8 Å². The van der Waals surface area contributed by atoms with Crippen molar-refractivity contribution >= 4 is 23.9 Å². The number of rotatable bonds is 9. The molecular formula is C31H35N5O5. The Bertz CT molecular complexity index is 1510. The second-order valence-corrected chi connectivity index (χ2v) is 10.3. The number of methoxy groups -OCH3 is 1. The van der Waals surface area contributed by atoms with E-state index in [-0.39, 0.29) is 23.6 Å². The number of carbonyl (C=O) groups is 1. The molecule has 4 rings (SSSR count). The molecule has 214 valence electrons. The van der Waals surface area contributed by atoms with Crippen LogP contribution in [0.5, 0.6) is 11.5 Å². The summed E-state index contributed by atoms with van der Waals surface area (Å²) in [5.74, 6) is 1.57. The zero-order chi connectivity index (χ0) is 29.7. The molecule has 1 aliphatic rings. The van der Waals surface area contributed by atoms with Crippen molar-refractivity contribution in [3.8, 4) is 29.0 Å². The van der Waals surface area contributed by atoms with E-state index in [2.05, 4.69) is 36.6 Å². The van der Waals surface area contributed by atoms with Crippen LogP contribution >= 0.6 is 0 Å². The number of pyridine rings is 2. The molecule has 1 fully saturated rings. The third-order valence-electron chi connectivity index (χ3n) is 7.01. The van der Waals surface area contributed by atoms with Crippen LogP contribution in [0.4, 0.5) is 5.69 Å². The SMILES string of the molecule is C=Nc1cc(-c2ncc(C(=O)N(C)C)cc2OC)oc1/C(=C(\C)C(C)C)c1ccc(OC2CCOCC2)c(C#N)n1. The molecule has 0 bridgehead atoms. The molecule has 10 heteroatoms. The summed E-state index contributed by atoms with van der Waals surface area (Å²) in [6.45, 7) is 11.1. The maximum Gasteiger partial charge on any atom is 0.255 e. The van der Waals surface area contributed by atoms with Crippen LogP contribution in [0, 0.1) is 17.2 Å². The van der Waals surface area contributed by atoms with Gasteiger partial charge in [-0.2, -0.15) is 5.26 Å². The minimum absolute atomic E-state index is 0.0259. The van der Waals surface area contributed by atoms with E-state index in [1.54, 1.807) is 32.3 Å². The first-order valence-electron chi connectivity index (χ1n) is 13.4. The molecule has 0 aromatic carbocycles. The van der Waals surface area contributed by atoms with E-state index in [4.69, 9.17) is 23.6 Å². The first-order chi connectivity index (χ1) is 19.7. The van der Waals surface area contributed by atoms with Crippen LogP contribution in [0.3, 0.4) is 0 Å². The molecule has 1 aliphatic heterocycles. The summed E-state index contributed by atoms with van der Waals surface area (Å²) in [4.78, 5) is 27.4. The minimum atomic E-state index is -0.197. The third-order valence-corrected chi connectivity index (χ3v) is 7.01. The zero-order valence-electron chi connectivity index (χ0n) is 24.4.